The molecule has 0 aromatic rings. The van der Waals surface area contributed by atoms with Gasteiger partial charge in [-0.1, -0.05) is 0 Å². The lowest BCUT2D eigenvalue weighted by Crippen LogP contribution is -2.64. The summed E-state index contributed by atoms with van der Waals surface area (Å²) in [7, 11) is 0. The van der Waals surface area contributed by atoms with Crippen molar-refractivity contribution in [1.82, 2.24) is 0 Å². The highest BCUT2D eigenvalue weighted by atomic mass is 19.4. The Labute approximate surface area is 121 Å². The Morgan fingerprint density at radius 2 is 1.21 bits per heavy atom. The number of hydrogen-bond acceptors (Lipinski definition) is 4. The van der Waals surface area contributed by atoms with E-state index in [-0.39, 0.29) is 0 Å². The third-order valence-electron chi connectivity index (χ3n) is 2.57. The molecule has 16 heteroatoms. The highest BCUT2D eigenvalue weighted by Crippen LogP contribution is 2.57. The van der Waals surface area contributed by atoms with Gasteiger partial charge in [0.25, 0.3) is 0 Å². The number of esters is 1. The van der Waals surface area contributed by atoms with Crippen LogP contribution in [0.15, 0.2) is 0 Å². The van der Waals surface area contributed by atoms with Gasteiger partial charge in [0.2, 0.25) is 0 Å². The Bertz CT molecular complexity index is 564. The fraction of sp³-hybridized carbons (Fsp3) is 0.750. The summed E-state index contributed by atoms with van der Waals surface area (Å²) in [5.74, 6) is -30.4. The van der Waals surface area contributed by atoms with Crippen LogP contribution in [0.4, 0.5) is 52.7 Å². The second kappa shape index (κ2) is 4.89. The van der Waals surface area contributed by atoms with Crippen LogP contribution in [0.5, 0.6) is 0 Å². The Hall–Kier alpha value is -1.74. The van der Waals surface area contributed by atoms with Gasteiger partial charge in [-0.2, -0.15) is 52.7 Å². The van der Waals surface area contributed by atoms with Crippen molar-refractivity contribution in [2.45, 2.75) is 35.8 Å². The van der Waals surface area contributed by atoms with Crippen LogP contribution in [-0.4, -0.2) is 47.8 Å². The zero-order valence-corrected chi connectivity index (χ0v) is 10.2. The standard InChI is InChI=1S/C8F12O4/c9-1(21)4(6(13,14)8(18,19)20)23-2(22)3(10,24-4)5(11,12)7(15,16)17. The lowest BCUT2D eigenvalue weighted by Gasteiger charge is -2.33. The number of ether oxygens (including phenoxy) is 2. The van der Waals surface area contributed by atoms with Gasteiger partial charge in [-0.3, -0.25) is 9.53 Å². The average molecular weight is 388 g/mol. The van der Waals surface area contributed by atoms with E-state index in [2.05, 4.69) is 9.47 Å². The van der Waals surface area contributed by atoms with Gasteiger partial charge in [-0.05, 0) is 0 Å². The second-order valence-corrected chi connectivity index (χ2v) is 4.12. The fourth-order valence-corrected chi connectivity index (χ4v) is 1.35. The van der Waals surface area contributed by atoms with Crippen molar-refractivity contribution < 1.29 is 71.7 Å². The SMILES string of the molecule is O=C1OC(C(=O)F)(C(F)(F)C(F)(F)F)OC1(F)C(F)(F)C(F)(F)F. The van der Waals surface area contributed by atoms with Gasteiger partial charge < -0.3 is 4.74 Å². The summed E-state index contributed by atoms with van der Waals surface area (Å²) in [6, 6.07) is -4.18. The van der Waals surface area contributed by atoms with Gasteiger partial charge in [-0.25, -0.2) is 4.79 Å². The molecular formula is C8F12O4. The minimum absolute atomic E-state index is 2.39. The molecule has 2 atom stereocenters. The van der Waals surface area contributed by atoms with E-state index in [0.717, 1.165) is 0 Å². The second-order valence-electron chi connectivity index (χ2n) is 4.12. The van der Waals surface area contributed by atoms with Gasteiger partial charge in [0.05, 0.1) is 0 Å². The molecule has 1 rings (SSSR count). The lowest BCUT2D eigenvalue weighted by molar-refractivity contribution is -0.418. The molecule has 4 nitrogen and oxygen atoms in total. The molecular weight excluding hydrogens is 388 g/mol. The van der Waals surface area contributed by atoms with Crippen LogP contribution in [0.2, 0.25) is 0 Å². The summed E-state index contributed by atoms with van der Waals surface area (Å²) >= 11 is 0. The highest BCUT2D eigenvalue weighted by Gasteiger charge is 2.90. The number of carbonyl (C=O) groups excluding carboxylic acids is 2. The summed E-state index contributed by atoms with van der Waals surface area (Å²) in [6.45, 7) is 0. The molecule has 1 aliphatic heterocycles. The van der Waals surface area contributed by atoms with Crippen LogP contribution in [0.25, 0.3) is 0 Å². The van der Waals surface area contributed by atoms with Crippen molar-refractivity contribution in [1.29, 1.82) is 0 Å². The third-order valence-corrected chi connectivity index (χ3v) is 2.57. The van der Waals surface area contributed by atoms with E-state index in [1.54, 1.807) is 0 Å². The Kier molecular flexibility index (Phi) is 4.13. The Morgan fingerprint density at radius 1 is 0.833 bits per heavy atom. The minimum Gasteiger partial charge on any atom is -0.412 e. The van der Waals surface area contributed by atoms with E-state index in [0.29, 0.717) is 0 Å². The molecule has 1 fully saturated rings. The predicted molar refractivity (Wildman–Crippen MR) is 41.9 cm³/mol. The molecule has 1 aliphatic rings. The average Bonchev–Trinajstić information content (AvgIpc) is 2.62. The molecule has 0 aromatic carbocycles. The zero-order valence-electron chi connectivity index (χ0n) is 10.2. The smallest absolute Gasteiger partial charge is 0.412 e. The van der Waals surface area contributed by atoms with Crippen molar-refractivity contribution in [3.8, 4) is 0 Å². The van der Waals surface area contributed by atoms with Crippen LogP contribution in [0, 0.1) is 0 Å². The van der Waals surface area contributed by atoms with Gasteiger partial charge in [0, 0.05) is 0 Å². The van der Waals surface area contributed by atoms with E-state index >= 15 is 0 Å². The van der Waals surface area contributed by atoms with Gasteiger partial charge in [-0.15, -0.1) is 0 Å². The summed E-state index contributed by atoms with van der Waals surface area (Å²) in [6.07, 6.45) is -14.2. The monoisotopic (exact) mass is 388 g/mol. The zero-order chi connectivity index (χ0) is 19.6. The van der Waals surface area contributed by atoms with Gasteiger partial charge in [0.1, 0.15) is 0 Å². The third kappa shape index (κ3) is 2.29. The van der Waals surface area contributed by atoms with Gasteiger partial charge in [0.15, 0.2) is 0 Å². The summed E-state index contributed by atoms with van der Waals surface area (Å²) in [4.78, 5) is 21.1. The van der Waals surface area contributed by atoms with E-state index < -0.39 is 47.8 Å². The maximum absolute atomic E-state index is 13.6. The van der Waals surface area contributed by atoms with Crippen molar-refractivity contribution in [3.63, 3.8) is 0 Å². The predicted octanol–water partition coefficient (Wildman–Crippen LogP) is 2.81. The fourth-order valence-electron chi connectivity index (χ4n) is 1.35. The van der Waals surface area contributed by atoms with Crippen molar-refractivity contribution in [2.75, 3.05) is 0 Å². The first-order chi connectivity index (χ1) is 10.3. The summed E-state index contributed by atoms with van der Waals surface area (Å²) < 4.78 is 155. The molecule has 1 saturated heterocycles. The van der Waals surface area contributed by atoms with Crippen molar-refractivity contribution in [3.05, 3.63) is 0 Å². The first-order valence-electron chi connectivity index (χ1n) is 4.99. The van der Waals surface area contributed by atoms with Crippen molar-refractivity contribution in [2.24, 2.45) is 0 Å². The molecule has 1 heterocycles. The molecule has 0 bridgehead atoms. The molecule has 24 heavy (non-hydrogen) atoms. The van der Waals surface area contributed by atoms with Crippen LogP contribution in [0.1, 0.15) is 0 Å². The molecule has 0 saturated carbocycles. The maximum atomic E-state index is 13.6. The topological polar surface area (TPSA) is 52.6 Å². The summed E-state index contributed by atoms with van der Waals surface area (Å²) in [5.41, 5.74) is 0. The normalized spacial score (nSPS) is 29.6. The van der Waals surface area contributed by atoms with E-state index in [1.165, 1.54) is 0 Å². The molecule has 2 unspecified atom stereocenters. The largest absolute Gasteiger partial charge is 0.461 e. The molecule has 0 aromatic heterocycles. The Balaban J connectivity index is 3.60. The highest BCUT2D eigenvalue weighted by molar-refractivity contribution is 5.89. The maximum Gasteiger partial charge on any atom is 0.461 e. The van der Waals surface area contributed by atoms with E-state index in [4.69, 9.17) is 0 Å². The molecule has 0 radical (unpaired) electrons. The van der Waals surface area contributed by atoms with Crippen LogP contribution >= 0.6 is 0 Å². The van der Waals surface area contributed by atoms with E-state index in [1.807, 2.05) is 0 Å². The number of carbonyl (C=O) groups is 2. The number of hydrogen-bond donors (Lipinski definition) is 0. The number of cyclic esters (lactones) is 1. The number of rotatable bonds is 3. The number of halogens is 12. The lowest BCUT2D eigenvalue weighted by atomic mass is 10.1. The Morgan fingerprint density at radius 3 is 1.50 bits per heavy atom. The molecule has 140 valence electrons. The molecule has 0 aliphatic carbocycles. The molecule has 0 amide bonds. The van der Waals surface area contributed by atoms with Crippen LogP contribution in [-0.2, 0) is 19.1 Å². The summed E-state index contributed by atoms with van der Waals surface area (Å²) in [5, 5.41) is 0. The van der Waals surface area contributed by atoms with Crippen molar-refractivity contribution >= 4 is 12.0 Å². The van der Waals surface area contributed by atoms with Gasteiger partial charge >= 0.3 is 47.8 Å². The number of alkyl halides is 11. The molecule has 0 spiro atoms. The first kappa shape index (κ1) is 20.3. The quantitative estimate of drug-likeness (QED) is 0.424. The molecule has 0 N–H and O–H groups in total. The van der Waals surface area contributed by atoms with E-state index in [9.17, 15) is 62.3 Å². The van der Waals surface area contributed by atoms with Crippen LogP contribution in [0.3, 0.4) is 0 Å². The minimum atomic E-state index is -7.08. The van der Waals surface area contributed by atoms with Crippen LogP contribution < -0.4 is 0 Å². The first-order valence-corrected chi connectivity index (χ1v) is 4.99.